The van der Waals surface area contributed by atoms with Crippen LogP contribution in [0.15, 0.2) is 42.5 Å². The van der Waals surface area contributed by atoms with Crippen molar-refractivity contribution in [3.63, 3.8) is 0 Å². The van der Waals surface area contributed by atoms with Crippen LogP contribution >= 0.6 is 0 Å². The second-order valence-electron chi connectivity index (χ2n) is 7.51. The molecule has 0 heterocycles. The lowest BCUT2D eigenvalue weighted by molar-refractivity contribution is 0.0697. The highest BCUT2D eigenvalue weighted by molar-refractivity contribution is 5.96. The molecule has 2 rings (SSSR count). The van der Waals surface area contributed by atoms with E-state index >= 15 is 0 Å². The lowest BCUT2D eigenvalue weighted by Gasteiger charge is -2.12. The molecule has 6 heteroatoms. The van der Waals surface area contributed by atoms with Crippen molar-refractivity contribution in [1.29, 1.82) is 0 Å². The second-order valence-corrected chi connectivity index (χ2v) is 7.51. The number of unbranched alkanes of at least 4 members (excludes halogenated alkanes) is 6. The zero-order valence-corrected chi connectivity index (χ0v) is 18.1. The number of hydrogen-bond donors (Lipinski definition) is 3. The number of aliphatic hydroxyl groups excluding tert-OH is 2. The van der Waals surface area contributed by atoms with E-state index in [4.69, 9.17) is 19.7 Å². The summed E-state index contributed by atoms with van der Waals surface area (Å²) in [6.45, 7) is 1.63. The Morgan fingerprint density at radius 1 is 0.677 bits per heavy atom. The number of benzene rings is 2. The van der Waals surface area contributed by atoms with Crippen LogP contribution in [0.2, 0.25) is 0 Å². The summed E-state index contributed by atoms with van der Waals surface area (Å²) in [5, 5.41) is 27.2. The second kappa shape index (κ2) is 14.4. The fourth-order valence-corrected chi connectivity index (χ4v) is 3.28. The fraction of sp³-hybridized carbons (Fsp3) is 0.480. The molecule has 0 saturated heterocycles. The van der Waals surface area contributed by atoms with Gasteiger partial charge in [0.2, 0.25) is 0 Å². The topological polar surface area (TPSA) is 96.2 Å². The number of carbonyl (C=O) groups is 1. The molecule has 0 aromatic heterocycles. The third-order valence-corrected chi connectivity index (χ3v) is 5.03. The summed E-state index contributed by atoms with van der Waals surface area (Å²) in [5.74, 6) is 0.414. The number of aliphatic hydroxyl groups is 2. The van der Waals surface area contributed by atoms with Gasteiger partial charge in [-0.1, -0.05) is 25.0 Å². The molecule has 0 aliphatic carbocycles. The molecule has 0 bridgehead atoms. The van der Waals surface area contributed by atoms with Gasteiger partial charge >= 0.3 is 5.97 Å². The maximum Gasteiger partial charge on any atom is 0.336 e. The highest BCUT2D eigenvalue weighted by Gasteiger charge is 2.13. The van der Waals surface area contributed by atoms with E-state index < -0.39 is 5.97 Å². The van der Waals surface area contributed by atoms with Gasteiger partial charge in [-0.05, 0) is 80.0 Å². The van der Waals surface area contributed by atoms with Crippen LogP contribution in [0, 0.1) is 0 Å². The van der Waals surface area contributed by atoms with Gasteiger partial charge in [-0.25, -0.2) is 4.79 Å². The van der Waals surface area contributed by atoms with E-state index in [1.54, 1.807) is 18.2 Å². The average Bonchev–Trinajstić information content (AvgIpc) is 2.78. The standard InChI is InChI=1S/C25H34O6/c26-15-5-1-3-7-17-30-21-11-9-20(10-12-21)24-19-22(13-14-23(24)25(28)29)31-18-8-4-2-6-16-27/h9-14,19,26-27H,1-8,15-18H2,(H,28,29). The van der Waals surface area contributed by atoms with Crippen molar-refractivity contribution < 1.29 is 29.6 Å². The molecule has 0 radical (unpaired) electrons. The summed E-state index contributed by atoms with van der Waals surface area (Å²) in [6, 6.07) is 12.5. The Hall–Kier alpha value is -2.57. The minimum atomic E-state index is -0.978. The van der Waals surface area contributed by atoms with Gasteiger partial charge in [0.25, 0.3) is 0 Å². The van der Waals surface area contributed by atoms with E-state index in [1.165, 1.54) is 0 Å². The van der Waals surface area contributed by atoms with Crippen molar-refractivity contribution in [2.75, 3.05) is 26.4 Å². The summed E-state index contributed by atoms with van der Waals surface area (Å²) < 4.78 is 11.6. The zero-order valence-electron chi connectivity index (χ0n) is 18.1. The number of carboxylic acids is 1. The summed E-state index contributed by atoms with van der Waals surface area (Å²) in [7, 11) is 0. The first-order valence-corrected chi connectivity index (χ1v) is 11.1. The van der Waals surface area contributed by atoms with Gasteiger partial charge in [-0.3, -0.25) is 0 Å². The highest BCUT2D eigenvalue weighted by atomic mass is 16.5. The normalized spacial score (nSPS) is 10.8. The van der Waals surface area contributed by atoms with Crippen LogP contribution in [0.4, 0.5) is 0 Å². The molecule has 2 aromatic carbocycles. The molecule has 0 aliphatic rings. The summed E-state index contributed by atoms with van der Waals surface area (Å²) in [6.07, 6.45) is 7.44. The van der Waals surface area contributed by atoms with E-state index in [2.05, 4.69) is 0 Å². The smallest absolute Gasteiger partial charge is 0.336 e. The molecule has 170 valence electrons. The first kappa shape index (κ1) is 24.7. The fourth-order valence-electron chi connectivity index (χ4n) is 3.28. The van der Waals surface area contributed by atoms with Crippen molar-refractivity contribution in [2.24, 2.45) is 0 Å². The number of aromatic carboxylic acids is 1. The monoisotopic (exact) mass is 430 g/mol. The van der Waals surface area contributed by atoms with Crippen molar-refractivity contribution >= 4 is 5.97 Å². The SMILES string of the molecule is O=C(O)c1ccc(OCCCCCCO)cc1-c1ccc(OCCCCCCO)cc1. The number of ether oxygens (including phenoxy) is 2. The van der Waals surface area contributed by atoms with Crippen LogP contribution in [-0.4, -0.2) is 47.7 Å². The Bertz CT molecular complexity index is 772. The van der Waals surface area contributed by atoms with Crippen molar-refractivity contribution in [3.8, 4) is 22.6 Å². The van der Waals surface area contributed by atoms with Crippen molar-refractivity contribution in [1.82, 2.24) is 0 Å². The Labute approximate surface area is 184 Å². The van der Waals surface area contributed by atoms with Gasteiger partial charge in [-0.15, -0.1) is 0 Å². The lowest BCUT2D eigenvalue weighted by Crippen LogP contribution is -2.02. The zero-order chi connectivity index (χ0) is 22.3. The van der Waals surface area contributed by atoms with Crippen LogP contribution in [0.25, 0.3) is 11.1 Å². The molecule has 31 heavy (non-hydrogen) atoms. The lowest BCUT2D eigenvalue weighted by atomic mass is 9.99. The van der Waals surface area contributed by atoms with E-state index in [1.807, 2.05) is 24.3 Å². The van der Waals surface area contributed by atoms with Gasteiger partial charge < -0.3 is 24.8 Å². The van der Waals surface area contributed by atoms with Crippen LogP contribution in [0.3, 0.4) is 0 Å². The molecular weight excluding hydrogens is 396 g/mol. The minimum absolute atomic E-state index is 0.218. The molecule has 0 amide bonds. The van der Waals surface area contributed by atoms with E-state index in [-0.39, 0.29) is 18.8 Å². The highest BCUT2D eigenvalue weighted by Crippen LogP contribution is 2.30. The predicted octanol–water partition coefficient (Wildman–Crippen LogP) is 4.91. The van der Waals surface area contributed by atoms with E-state index in [9.17, 15) is 9.90 Å². The van der Waals surface area contributed by atoms with Gasteiger partial charge in [0.05, 0.1) is 18.8 Å². The third-order valence-electron chi connectivity index (χ3n) is 5.03. The largest absolute Gasteiger partial charge is 0.494 e. The molecule has 0 saturated carbocycles. The van der Waals surface area contributed by atoms with Crippen LogP contribution in [0.1, 0.15) is 61.7 Å². The van der Waals surface area contributed by atoms with Gasteiger partial charge in [0, 0.05) is 13.2 Å². The molecule has 0 spiro atoms. The van der Waals surface area contributed by atoms with Crippen molar-refractivity contribution in [3.05, 3.63) is 48.0 Å². The van der Waals surface area contributed by atoms with Crippen LogP contribution in [0.5, 0.6) is 11.5 Å². The molecule has 0 unspecified atom stereocenters. The molecule has 0 fully saturated rings. The molecule has 2 aromatic rings. The van der Waals surface area contributed by atoms with Gasteiger partial charge in [-0.2, -0.15) is 0 Å². The van der Waals surface area contributed by atoms with Crippen LogP contribution < -0.4 is 9.47 Å². The number of rotatable bonds is 16. The van der Waals surface area contributed by atoms with Crippen LogP contribution in [-0.2, 0) is 0 Å². The minimum Gasteiger partial charge on any atom is -0.494 e. The maximum absolute atomic E-state index is 11.7. The average molecular weight is 431 g/mol. The molecule has 0 atom stereocenters. The van der Waals surface area contributed by atoms with Crippen molar-refractivity contribution in [2.45, 2.75) is 51.4 Å². The van der Waals surface area contributed by atoms with E-state index in [0.717, 1.165) is 62.7 Å². The molecular formula is C25H34O6. The number of carboxylic acid groups (broad SMARTS) is 1. The Balaban J connectivity index is 1.96. The summed E-state index contributed by atoms with van der Waals surface area (Å²) in [5.41, 5.74) is 1.63. The quantitative estimate of drug-likeness (QED) is 0.327. The first-order chi connectivity index (χ1) is 15.2. The first-order valence-electron chi connectivity index (χ1n) is 11.1. The summed E-state index contributed by atoms with van der Waals surface area (Å²) >= 11 is 0. The molecule has 3 N–H and O–H groups in total. The van der Waals surface area contributed by atoms with Gasteiger partial charge in [0.15, 0.2) is 0 Å². The Morgan fingerprint density at radius 3 is 1.74 bits per heavy atom. The van der Waals surface area contributed by atoms with Gasteiger partial charge in [0.1, 0.15) is 11.5 Å². The Morgan fingerprint density at radius 2 is 1.19 bits per heavy atom. The maximum atomic E-state index is 11.7. The summed E-state index contributed by atoms with van der Waals surface area (Å²) in [4.78, 5) is 11.7. The molecule has 0 aliphatic heterocycles. The number of hydrogen-bond acceptors (Lipinski definition) is 5. The Kier molecular flexibility index (Phi) is 11.5. The van der Waals surface area contributed by atoms with E-state index in [0.29, 0.717) is 24.5 Å². The predicted molar refractivity (Wildman–Crippen MR) is 121 cm³/mol. The molecule has 6 nitrogen and oxygen atoms in total. The third kappa shape index (κ3) is 8.99.